The topological polar surface area (TPSA) is 92.4 Å². The van der Waals surface area contributed by atoms with E-state index in [0.29, 0.717) is 22.4 Å². The van der Waals surface area contributed by atoms with Gasteiger partial charge < -0.3 is 14.5 Å². The number of aromatic nitrogens is 3. The van der Waals surface area contributed by atoms with Crippen LogP contribution in [0.4, 0.5) is 5.13 Å². The molecule has 0 aromatic carbocycles. The van der Waals surface area contributed by atoms with Gasteiger partial charge in [0, 0.05) is 19.7 Å². The van der Waals surface area contributed by atoms with E-state index in [-0.39, 0.29) is 6.42 Å². The highest BCUT2D eigenvalue weighted by Gasteiger charge is 2.12. The second kappa shape index (κ2) is 4.91. The lowest BCUT2D eigenvalue weighted by atomic mass is 10.4. The van der Waals surface area contributed by atoms with E-state index in [0.717, 1.165) is 0 Å². The summed E-state index contributed by atoms with van der Waals surface area (Å²) in [6.07, 6.45) is 1.53. The first-order chi connectivity index (χ1) is 8.16. The van der Waals surface area contributed by atoms with E-state index in [1.807, 2.05) is 0 Å². The van der Waals surface area contributed by atoms with Gasteiger partial charge in [-0.1, -0.05) is 16.5 Å². The molecule has 2 aromatic heterocycles. The number of aliphatic carboxylic acids is 1. The molecule has 0 atom stereocenters. The molecule has 0 saturated heterocycles. The van der Waals surface area contributed by atoms with E-state index in [1.165, 1.54) is 17.6 Å². The fraction of sp³-hybridized carbons (Fsp3) is 0.333. The molecule has 0 saturated carbocycles. The third kappa shape index (κ3) is 2.78. The van der Waals surface area contributed by atoms with E-state index < -0.39 is 5.97 Å². The summed E-state index contributed by atoms with van der Waals surface area (Å²) >= 11 is 1.34. The third-order valence-electron chi connectivity index (χ3n) is 2.06. The molecule has 2 rings (SSSR count). The molecule has 7 nitrogen and oxygen atoms in total. The Bertz CT molecular complexity index is 496. The van der Waals surface area contributed by atoms with E-state index in [4.69, 9.17) is 9.63 Å². The highest BCUT2D eigenvalue weighted by atomic mass is 32.1. The largest absolute Gasteiger partial charge is 0.481 e. The molecule has 2 aromatic rings. The van der Waals surface area contributed by atoms with Gasteiger partial charge in [-0.05, 0) is 0 Å². The number of carbonyl (C=O) groups is 1. The minimum absolute atomic E-state index is 0.0649. The number of rotatable bonds is 5. The predicted molar refractivity (Wildman–Crippen MR) is 60.9 cm³/mol. The van der Waals surface area contributed by atoms with Gasteiger partial charge in [0.05, 0.1) is 6.42 Å². The van der Waals surface area contributed by atoms with E-state index in [9.17, 15) is 4.79 Å². The van der Waals surface area contributed by atoms with Crippen molar-refractivity contribution >= 4 is 22.4 Å². The summed E-state index contributed by atoms with van der Waals surface area (Å²) in [5, 5.41) is 21.6. The molecule has 0 bridgehead atoms. The molecule has 0 fully saturated rings. The number of hydrogen-bond acceptors (Lipinski definition) is 7. The summed E-state index contributed by atoms with van der Waals surface area (Å²) in [6.45, 7) is 0.392. The fourth-order valence-electron chi connectivity index (χ4n) is 1.16. The minimum Gasteiger partial charge on any atom is -0.481 e. The standard InChI is InChI=1S/C9H10N4O3S/c1-13(4-2-7(14)15)9-11-10-8(17-9)6-3-5-16-12-6/h3,5H,2,4H2,1H3,(H,14,15). The van der Waals surface area contributed by atoms with Crippen LogP contribution < -0.4 is 4.90 Å². The van der Waals surface area contributed by atoms with Gasteiger partial charge in [0.2, 0.25) is 5.13 Å². The Morgan fingerprint density at radius 1 is 1.59 bits per heavy atom. The van der Waals surface area contributed by atoms with Gasteiger partial charge in [0.25, 0.3) is 0 Å². The highest BCUT2D eigenvalue weighted by molar-refractivity contribution is 7.18. The van der Waals surface area contributed by atoms with Crippen LogP contribution in [-0.2, 0) is 4.79 Å². The predicted octanol–water partition coefficient (Wildman–Crippen LogP) is 1.10. The average molecular weight is 254 g/mol. The van der Waals surface area contributed by atoms with Crippen molar-refractivity contribution in [2.24, 2.45) is 0 Å². The van der Waals surface area contributed by atoms with Crippen LogP contribution >= 0.6 is 11.3 Å². The molecular weight excluding hydrogens is 244 g/mol. The van der Waals surface area contributed by atoms with Crippen LogP contribution in [0.1, 0.15) is 6.42 Å². The van der Waals surface area contributed by atoms with Gasteiger partial charge in [0.15, 0.2) is 5.01 Å². The summed E-state index contributed by atoms with van der Waals surface area (Å²) in [7, 11) is 1.77. The van der Waals surface area contributed by atoms with Crippen molar-refractivity contribution in [2.45, 2.75) is 6.42 Å². The first kappa shape index (κ1) is 11.5. The van der Waals surface area contributed by atoms with Crippen molar-refractivity contribution in [3.8, 4) is 10.7 Å². The molecule has 0 aliphatic rings. The molecular formula is C9H10N4O3S. The van der Waals surface area contributed by atoms with Gasteiger partial charge in [-0.3, -0.25) is 4.79 Å². The van der Waals surface area contributed by atoms with Gasteiger partial charge in [-0.2, -0.15) is 0 Å². The second-order valence-electron chi connectivity index (χ2n) is 3.34. The van der Waals surface area contributed by atoms with Crippen LogP contribution in [0.2, 0.25) is 0 Å². The molecule has 17 heavy (non-hydrogen) atoms. The van der Waals surface area contributed by atoms with E-state index in [2.05, 4.69) is 15.4 Å². The summed E-state index contributed by atoms with van der Waals surface area (Å²) < 4.78 is 4.72. The Balaban J connectivity index is 2.05. The zero-order chi connectivity index (χ0) is 12.3. The van der Waals surface area contributed by atoms with Crippen LogP contribution in [-0.4, -0.2) is 40.0 Å². The van der Waals surface area contributed by atoms with Crippen molar-refractivity contribution in [3.05, 3.63) is 12.3 Å². The zero-order valence-electron chi connectivity index (χ0n) is 9.03. The monoisotopic (exact) mass is 254 g/mol. The number of nitrogens with zero attached hydrogens (tertiary/aromatic N) is 4. The van der Waals surface area contributed by atoms with Gasteiger partial charge in [-0.25, -0.2) is 0 Å². The number of carboxylic acid groups (broad SMARTS) is 1. The number of hydrogen-bond donors (Lipinski definition) is 1. The van der Waals surface area contributed by atoms with Crippen LogP contribution in [0.25, 0.3) is 10.7 Å². The van der Waals surface area contributed by atoms with Crippen LogP contribution in [0.15, 0.2) is 16.9 Å². The second-order valence-corrected chi connectivity index (χ2v) is 4.30. The summed E-state index contributed by atoms with van der Waals surface area (Å²) in [5.74, 6) is -0.835. The van der Waals surface area contributed by atoms with Crippen molar-refractivity contribution in [3.63, 3.8) is 0 Å². The smallest absolute Gasteiger partial charge is 0.305 e. The molecule has 0 aliphatic heterocycles. The molecule has 0 spiro atoms. The van der Waals surface area contributed by atoms with Gasteiger partial charge in [-0.15, -0.1) is 10.2 Å². The Hall–Kier alpha value is -1.96. The van der Waals surface area contributed by atoms with Crippen LogP contribution in [0.5, 0.6) is 0 Å². The lowest BCUT2D eigenvalue weighted by Crippen LogP contribution is -2.20. The zero-order valence-corrected chi connectivity index (χ0v) is 9.85. The lowest BCUT2D eigenvalue weighted by Gasteiger charge is -2.12. The fourth-order valence-corrected chi connectivity index (χ4v) is 1.95. The summed E-state index contributed by atoms with van der Waals surface area (Å²) in [6, 6.07) is 1.70. The third-order valence-corrected chi connectivity index (χ3v) is 3.12. The van der Waals surface area contributed by atoms with Crippen molar-refractivity contribution < 1.29 is 14.4 Å². The molecule has 1 N–H and O–H groups in total. The maximum Gasteiger partial charge on any atom is 0.305 e. The molecule has 0 unspecified atom stereocenters. The quantitative estimate of drug-likeness (QED) is 0.854. The van der Waals surface area contributed by atoms with E-state index >= 15 is 0 Å². The maximum absolute atomic E-state index is 10.4. The van der Waals surface area contributed by atoms with Crippen molar-refractivity contribution in [2.75, 3.05) is 18.5 Å². The normalized spacial score (nSPS) is 10.4. The number of anilines is 1. The Morgan fingerprint density at radius 2 is 2.41 bits per heavy atom. The first-order valence-electron chi connectivity index (χ1n) is 4.84. The molecule has 2 heterocycles. The van der Waals surface area contributed by atoms with Crippen LogP contribution in [0, 0.1) is 0 Å². The van der Waals surface area contributed by atoms with E-state index in [1.54, 1.807) is 18.0 Å². The first-order valence-corrected chi connectivity index (χ1v) is 5.65. The summed E-state index contributed by atoms with van der Waals surface area (Å²) in [4.78, 5) is 12.2. The number of carboxylic acids is 1. The molecule has 90 valence electrons. The minimum atomic E-state index is -0.835. The van der Waals surface area contributed by atoms with Crippen LogP contribution in [0.3, 0.4) is 0 Å². The Labute approximate surface area is 101 Å². The average Bonchev–Trinajstić information content (AvgIpc) is 2.94. The molecule has 0 aliphatic carbocycles. The Morgan fingerprint density at radius 3 is 3.06 bits per heavy atom. The Kier molecular flexibility index (Phi) is 3.33. The van der Waals surface area contributed by atoms with Crippen molar-refractivity contribution in [1.82, 2.24) is 15.4 Å². The molecule has 0 amide bonds. The molecule has 8 heteroatoms. The SMILES string of the molecule is CN(CCC(=O)O)c1nnc(-c2ccon2)s1. The van der Waals surface area contributed by atoms with Crippen molar-refractivity contribution in [1.29, 1.82) is 0 Å². The summed E-state index contributed by atoms with van der Waals surface area (Å²) in [5.41, 5.74) is 0.625. The van der Waals surface area contributed by atoms with Gasteiger partial charge in [0.1, 0.15) is 12.0 Å². The molecule has 0 radical (unpaired) electrons. The maximum atomic E-state index is 10.4. The highest BCUT2D eigenvalue weighted by Crippen LogP contribution is 2.26. The van der Waals surface area contributed by atoms with Gasteiger partial charge >= 0.3 is 5.97 Å². The lowest BCUT2D eigenvalue weighted by molar-refractivity contribution is -0.136.